The van der Waals surface area contributed by atoms with Gasteiger partial charge in [-0.1, -0.05) is 0 Å². The Balaban J connectivity index is 2.36. The molecular weight excluding hydrogens is 236 g/mol. The largest absolute Gasteiger partial charge is 0.484 e. The number of aliphatic hydroxyl groups excluding tert-OH is 1. The van der Waals surface area contributed by atoms with Gasteiger partial charge in [-0.05, 0) is 32.0 Å². The van der Waals surface area contributed by atoms with Crippen LogP contribution in [0.15, 0.2) is 18.2 Å². The minimum atomic E-state index is -1.18. The molecule has 5 heteroatoms. The average molecular weight is 252 g/mol. The first-order valence-corrected chi connectivity index (χ1v) is 5.64. The Morgan fingerprint density at radius 2 is 2.11 bits per heavy atom. The first kappa shape index (κ1) is 12.9. The van der Waals surface area contributed by atoms with Crippen LogP contribution in [0.1, 0.15) is 35.9 Å². The summed E-state index contributed by atoms with van der Waals surface area (Å²) < 4.78 is 10.1. The summed E-state index contributed by atoms with van der Waals surface area (Å²) >= 11 is 0. The molecule has 1 aromatic rings. The highest BCUT2D eigenvalue weighted by Gasteiger charge is 2.42. The Bertz CT molecular complexity index is 475. The summed E-state index contributed by atoms with van der Waals surface area (Å²) in [5.41, 5.74) is -0.343. The number of rotatable bonds is 2. The van der Waals surface area contributed by atoms with Crippen LogP contribution in [-0.2, 0) is 4.74 Å². The first-order chi connectivity index (χ1) is 8.34. The Labute approximate surface area is 105 Å². The number of benzene rings is 1. The van der Waals surface area contributed by atoms with Crippen molar-refractivity contribution in [1.29, 1.82) is 0 Å². The van der Waals surface area contributed by atoms with E-state index in [0.29, 0.717) is 16.9 Å². The van der Waals surface area contributed by atoms with Crippen LogP contribution in [0.4, 0.5) is 0 Å². The first-order valence-electron chi connectivity index (χ1n) is 5.64. The van der Waals surface area contributed by atoms with E-state index in [1.165, 1.54) is 13.2 Å². The smallest absolute Gasteiger partial charge is 0.337 e. The number of aliphatic hydroxyl groups is 2. The molecule has 0 bridgehead atoms. The van der Waals surface area contributed by atoms with Gasteiger partial charge < -0.3 is 19.7 Å². The number of esters is 1. The summed E-state index contributed by atoms with van der Waals surface area (Å²) in [4.78, 5) is 11.4. The fourth-order valence-corrected chi connectivity index (χ4v) is 2.03. The van der Waals surface area contributed by atoms with Crippen LogP contribution < -0.4 is 4.74 Å². The second-order valence-corrected chi connectivity index (χ2v) is 4.88. The minimum Gasteiger partial charge on any atom is -0.484 e. The maximum Gasteiger partial charge on any atom is 0.337 e. The molecule has 0 saturated carbocycles. The van der Waals surface area contributed by atoms with Gasteiger partial charge >= 0.3 is 5.97 Å². The quantitative estimate of drug-likeness (QED) is 0.769. The van der Waals surface area contributed by atoms with Crippen LogP contribution >= 0.6 is 0 Å². The Morgan fingerprint density at radius 1 is 1.44 bits per heavy atom. The molecule has 98 valence electrons. The lowest BCUT2D eigenvalue weighted by molar-refractivity contribution is -0.0762. The molecule has 0 fully saturated rings. The van der Waals surface area contributed by atoms with Gasteiger partial charge in [0.15, 0.2) is 6.10 Å². The maximum absolute atomic E-state index is 11.4. The van der Waals surface area contributed by atoms with Gasteiger partial charge in [0.05, 0.1) is 18.3 Å². The van der Waals surface area contributed by atoms with E-state index in [2.05, 4.69) is 4.74 Å². The van der Waals surface area contributed by atoms with Crippen LogP contribution in [0.2, 0.25) is 0 Å². The number of fused-ring (bicyclic) bond motifs is 1. The van der Waals surface area contributed by atoms with Crippen molar-refractivity contribution in [2.45, 2.75) is 31.7 Å². The highest BCUT2D eigenvalue weighted by atomic mass is 16.5. The molecule has 1 aliphatic heterocycles. The molecular formula is C13H16O5. The summed E-state index contributed by atoms with van der Waals surface area (Å²) in [6.45, 7) is 3.13. The molecule has 0 aliphatic carbocycles. The van der Waals surface area contributed by atoms with Crippen molar-refractivity contribution in [3.8, 4) is 5.75 Å². The van der Waals surface area contributed by atoms with E-state index in [4.69, 9.17) is 4.74 Å². The third kappa shape index (κ3) is 2.07. The van der Waals surface area contributed by atoms with Crippen molar-refractivity contribution in [1.82, 2.24) is 0 Å². The highest BCUT2D eigenvalue weighted by molar-refractivity contribution is 5.89. The molecule has 2 atom stereocenters. The molecule has 1 heterocycles. The summed E-state index contributed by atoms with van der Waals surface area (Å²) in [5.74, 6) is -0.000938. The number of methoxy groups -OCH3 is 1. The molecule has 0 saturated heterocycles. The van der Waals surface area contributed by atoms with Crippen molar-refractivity contribution in [2.24, 2.45) is 0 Å². The molecule has 1 aromatic carbocycles. The topological polar surface area (TPSA) is 76.0 Å². The highest BCUT2D eigenvalue weighted by Crippen LogP contribution is 2.40. The summed E-state index contributed by atoms with van der Waals surface area (Å²) in [6, 6.07) is 4.68. The normalized spacial score (nSPS) is 22.3. The molecule has 2 unspecified atom stereocenters. The molecule has 2 rings (SSSR count). The number of hydrogen-bond donors (Lipinski definition) is 2. The molecule has 0 radical (unpaired) electrons. The maximum atomic E-state index is 11.4. The molecule has 0 spiro atoms. The van der Waals surface area contributed by atoms with Crippen molar-refractivity contribution in [3.63, 3.8) is 0 Å². The van der Waals surface area contributed by atoms with Crippen molar-refractivity contribution in [3.05, 3.63) is 29.3 Å². The Morgan fingerprint density at radius 3 is 2.67 bits per heavy atom. The lowest BCUT2D eigenvalue weighted by Crippen LogP contribution is -2.41. The third-order valence-corrected chi connectivity index (χ3v) is 2.99. The number of ether oxygens (including phenoxy) is 2. The third-order valence-electron chi connectivity index (χ3n) is 2.99. The monoisotopic (exact) mass is 252 g/mol. The Hall–Kier alpha value is -1.59. The number of carbonyl (C=O) groups is 1. The van der Waals surface area contributed by atoms with Crippen molar-refractivity contribution < 1.29 is 24.5 Å². The van der Waals surface area contributed by atoms with Crippen LogP contribution in [0.5, 0.6) is 5.75 Å². The van der Waals surface area contributed by atoms with Gasteiger partial charge in [0.2, 0.25) is 0 Å². The van der Waals surface area contributed by atoms with Gasteiger partial charge in [-0.3, -0.25) is 0 Å². The van der Waals surface area contributed by atoms with Gasteiger partial charge in [-0.25, -0.2) is 4.79 Å². The predicted molar refractivity (Wildman–Crippen MR) is 63.5 cm³/mol. The molecule has 0 aromatic heterocycles. The van der Waals surface area contributed by atoms with Gasteiger partial charge in [0.25, 0.3) is 0 Å². The van der Waals surface area contributed by atoms with Crippen molar-refractivity contribution >= 4 is 5.97 Å². The van der Waals surface area contributed by atoms with E-state index >= 15 is 0 Å². The van der Waals surface area contributed by atoms with Gasteiger partial charge in [-0.15, -0.1) is 0 Å². The minimum absolute atomic E-state index is 0.343. The predicted octanol–water partition coefficient (Wildman–Crippen LogP) is 1.04. The summed E-state index contributed by atoms with van der Waals surface area (Å²) in [6.07, 6.45) is -1.72. The van der Waals surface area contributed by atoms with Gasteiger partial charge in [0, 0.05) is 5.56 Å². The zero-order chi connectivity index (χ0) is 13.5. The molecule has 18 heavy (non-hydrogen) atoms. The fourth-order valence-electron chi connectivity index (χ4n) is 2.03. The van der Waals surface area contributed by atoms with E-state index < -0.39 is 23.8 Å². The van der Waals surface area contributed by atoms with E-state index in [0.717, 1.165) is 0 Å². The summed E-state index contributed by atoms with van der Waals surface area (Å²) in [7, 11) is 1.29. The van der Waals surface area contributed by atoms with E-state index in [9.17, 15) is 15.0 Å². The average Bonchev–Trinajstić information content (AvgIpc) is 2.65. The number of carbonyl (C=O) groups excluding carboxylic acids is 1. The van der Waals surface area contributed by atoms with Crippen LogP contribution in [0.3, 0.4) is 0 Å². The van der Waals surface area contributed by atoms with Gasteiger partial charge in [0.1, 0.15) is 11.9 Å². The molecule has 2 N–H and O–H groups in total. The molecule has 0 amide bonds. The standard InChI is InChI=1S/C13H16O5/c1-13(2,16)11-10(14)8-6-7(12(15)17-3)4-5-9(8)18-11/h4-6,10-11,14,16H,1-3H3. The van der Waals surface area contributed by atoms with E-state index in [1.807, 2.05) is 0 Å². The molecule has 1 aliphatic rings. The second kappa shape index (κ2) is 4.26. The van der Waals surface area contributed by atoms with Crippen LogP contribution in [0.25, 0.3) is 0 Å². The fraction of sp³-hybridized carbons (Fsp3) is 0.462. The summed E-state index contributed by atoms with van der Waals surface area (Å²) in [5, 5.41) is 20.0. The SMILES string of the molecule is COC(=O)c1ccc2c(c1)C(O)C(C(C)(C)O)O2. The van der Waals surface area contributed by atoms with Crippen LogP contribution in [0, 0.1) is 0 Å². The lowest BCUT2D eigenvalue weighted by atomic mass is 9.94. The van der Waals surface area contributed by atoms with E-state index in [-0.39, 0.29) is 0 Å². The van der Waals surface area contributed by atoms with E-state index in [1.54, 1.807) is 26.0 Å². The number of hydrogen-bond acceptors (Lipinski definition) is 5. The van der Waals surface area contributed by atoms with Crippen LogP contribution in [-0.4, -0.2) is 35.0 Å². The lowest BCUT2D eigenvalue weighted by Gasteiger charge is -2.27. The second-order valence-electron chi connectivity index (χ2n) is 4.88. The Kier molecular flexibility index (Phi) is 3.04. The zero-order valence-corrected chi connectivity index (χ0v) is 10.5. The molecule has 5 nitrogen and oxygen atoms in total. The van der Waals surface area contributed by atoms with Gasteiger partial charge in [-0.2, -0.15) is 0 Å². The zero-order valence-electron chi connectivity index (χ0n) is 10.5. The van der Waals surface area contributed by atoms with Crippen molar-refractivity contribution in [2.75, 3.05) is 7.11 Å².